The summed E-state index contributed by atoms with van der Waals surface area (Å²) in [4.78, 5) is 17.7. The third-order valence-electron chi connectivity index (χ3n) is 6.58. The fourth-order valence-corrected chi connectivity index (χ4v) is 6.30. The van der Waals surface area contributed by atoms with Crippen molar-refractivity contribution in [1.29, 1.82) is 0 Å². The van der Waals surface area contributed by atoms with Crippen molar-refractivity contribution in [2.24, 2.45) is 11.3 Å². The second kappa shape index (κ2) is 6.83. The van der Waals surface area contributed by atoms with E-state index in [1.807, 2.05) is 0 Å². The lowest BCUT2D eigenvalue weighted by Gasteiger charge is -2.48. The first-order chi connectivity index (χ1) is 13.1. The standard InChI is InChI=1S/C20H29N3O4S/c1-20(2)11-15-12-22(19(24)25)14-18(20)23(13-15)17-5-3-16(4-6-17)21-7-9-28(26,27)10-8-21/h3-6,15,18H,7-14H2,1-2H3,(H,24,25)/t15-,18-/m1/s1. The Morgan fingerprint density at radius 2 is 1.64 bits per heavy atom. The number of rotatable bonds is 2. The van der Waals surface area contributed by atoms with Crippen molar-refractivity contribution in [3.63, 3.8) is 0 Å². The molecule has 0 aliphatic carbocycles. The average Bonchev–Trinajstić information content (AvgIpc) is 2.89. The van der Waals surface area contributed by atoms with Crippen molar-refractivity contribution in [2.75, 3.05) is 54.0 Å². The SMILES string of the molecule is CC1(C)C[C@@H]2CN(C(=O)O)C[C@H]1N(c1ccc(N3CCS(=O)(=O)CC3)cc1)C2. The van der Waals surface area contributed by atoms with Crippen molar-refractivity contribution in [3.05, 3.63) is 24.3 Å². The van der Waals surface area contributed by atoms with Gasteiger partial charge in [-0.3, -0.25) is 0 Å². The minimum atomic E-state index is -2.89. The molecule has 5 rings (SSSR count). The number of sulfone groups is 1. The Morgan fingerprint density at radius 1 is 1.04 bits per heavy atom. The summed E-state index contributed by atoms with van der Waals surface area (Å²) >= 11 is 0. The number of carboxylic acid groups (broad SMARTS) is 1. The summed E-state index contributed by atoms with van der Waals surface area (Å²) in [7, 11) is -2.89. The van der Waals surface area contributed by atoms with Crippen LogP contribution < -0.4 is 9.80 Å². The van der Waals surface area contributed by atoms with Crippen LogP contribution in [-0.4, -0.2) is 74.8 Å². The van der Waals surface area contributed by atoms with E-state index in [4.69, 9.17) is 0 Å². The lowest BCUT2D eigenvalue weighted by atomic mass is 9.73. The Morgan fingerprint density at radius 3 is 2.25 bits per heavy atom. The fraction of sp³-hybridized carbons (Fsp3) is 0.650. The molecule has 0 spiro atoms. The van der Waals surface area contributed by atoms with Gasteiger partial charge in [0.25, 0.3) is 0 Å². The molecule has 7 nitrogen and oxygen atoms in total. The lowest BCUT2D eigenvalue weighted by Crippen LogP contribution is -2.54. The van der Waals surface area contributed by atoms with Gasteiger partial charge < -0.3 is 19.8 Å². The van der Waals surface area contributed by atoms with Crippen LogP contribution >= 0.6 is 0 Å². The molecule has 0 aromatic heterocycles. The maximum Gasteiger partial charge on any atom is 0.407 e. The second-order valence-electron chi connectivity index (χ2n) is 9.07. The number of anilines is 2. The van der Waals surface area contributed by atoms with Crippen molar-refractivity contribution in [3.8, 4) is 0 Å². The molecule has 1 aromatic rings. The molecular formula is C20H29N3O4S. The Labute approximate surface area is 166 Å². The maximum absolute atomic E-state index is 11.7. The van der Waals surface area contributed by atoms with Gasteiger partial charge in [0.05, 0.1) is 17.5 Å². The van der Waals surface area contributed by atoms with Crippen molar-refractivity contribution < 1.29 is 18.3 Å². The monoisotopic (exact) mass is 407 g/mol. The Kier molecular flexibility index (Phi) is 4.72. The summed E-state index contributed by atoms with van der Waals surface area (Å²) in [6.45, 7) is 7.57. The van der Waals surface area contributed by atoms with E-state index < -0.39 is 15.9 Å². The van der Waals surface area contributed by atoms with E-state index in [1.54, 1.807) is 4.90 Å². The molecule has 28 heavy (non-hydrogen) atoms. The van der Waals surface area contributed by atoms with Gasteiger partial charge in [-0.25, -0.2) is 13.2 Å². The van der Waals surface area contributed by atoms with E-state index in [0.29, 0.717) is 32.1 Å². The van der Waals surface area contributed by atoms with Crippen LogP contribution in [0.5, 0.6) is 0 Å². The number of hydrogen-bond donors (Lipinski definition) is 1. The predicted octanol–water partition coefficient (Wildman–Crippen LogP) is 2.14. The van der Waals surface area contributed by atoms with Gasteiger partial charge in [0.1, 0.15) is 0 Å². The molecule has 1 N–H and O–H groups in total. The van der Waals surface area contributed by atoms with Crippen LogP contribution in [0.3, 0.4) is 0 Å². The molecule has 0 saturated carbocycles. The number of benzene rings is 1. The smallest absolute Gasteiger partial charge is 0.407 e. The van der Waals surface area contributed by atoms with Crippen molar-refractivity contribution in [1.82, 2.24) is 4.90 Å². The van der Waals surface area contributed by atoms with E-state index in [-0.39, 0.29) is 23.0 Å². The molecule has 4 saturated heterocycles. The Hall–Kier alpha value is -1.96. The highest BCUT2D eigenvalue weighted by Crippen LogP contribution is 2.43. The normalized spacial score (nSPS) is 28.9. The predicted molar refractivity (Wildman–Crippen MR) is 110 cm³/mol. The summed E-state index contributed by atoms with van der Waals surface area (Å²) in [5, 5.41) is 9.53. The molecule has 0 unspecified atom stereocenters. The molecule has 1 aromatic carbocycles. The van der Waals surface area contributed by atoms with Gasteiger partial charge >= 0.3 is 6.09 Å². The largest absolute Gasteiger partial charge is 0.465 e. The fourth-order valence-electron chi connectivity index (χ4n) is 5.10. The molecular weight excluding hydrogens is 378 g/mol. The number of amides is 1. The Balaban J connectivity index is 1.55. The average molecular weight is 408 g/mol. The van der Waals surface area contributed by atoms with Crippen LogP contribution in [0.25, 0.3) is 0 Å². The summed E-state index contributed by atoms with van der Waals surface area (Å²) in [5.41, 5.74) is 2.21. The van der Waals surface area contributed by atoms with Crippen LogP contribution in [0.1, 0.15) is 20.3 Å². The Bertz CT molecular complexity index is 839. The molecule has 8 heteroatoms. The first-order valence-corrected chi connectivity index (χ1v) is 11.8. The molecule has 4 aliphatic rings. The van der Waals surface area contributed by atoms with E-state index in [2.05, 4.69) is 47.9 Å². The lowest BCUT2D eigenvalue weighted by molar-refractivity contribution is 0.142. The summed E-state index contributed by atoms with van der Waals surface area (Å²) < 4.78 is 23.3. The van der Waals surface area contributed by atoms with Crippen molar-refractivity contribution in [2.45, 2.75) is 26.3 Å². The topological polar surface area (TPSA) is 81.2 Å². The molecule has 4 aliphatic heterocycles. The highest BCUT2D eigenvalue weighted by Gasteiger charge is 2.46. The van der Waals surface area contributed by atoms with Gasteiger partial charge in [-0.2, -0.15) is 0 Å². The summed E-state index contributed by atoms with van der Waals surface area (Å²) in [5.74, 6) is 0.755. The molecule has 0 radical (unpaired) electrons. The minimum absolute atomic E-state index is 0.0486. The van der Waals surface area contributed by atoms with Crippen LogP contribution in [0.4, 0.5) is 16.2 Å². The van der Waals surface area contributed by atoms with Gasteiger partial charge in [-0.15, -0.1) is 0 Å². The van der Waals surface area contributed by atoms with Crippen LogP contribution in [0.15, 0.2) is 24.3 Å². The number of piperidine rings is 1. The van der Waals surface area contributed by atoms with E-state index >= 15 is 0 Å². The van der Waals surface area contributed by atoms with Gasteiger partial charge in [-0.1, -0.05) is 13.8 Å². The molecule has 154 valence electrons. The highest BCUT2D eigenvalue weighted by atomic mass is 32.2. The van der Waals surface area contributed by atoms with Gasteiger partial charge in [0.2, 0.25) is 0 Å². The first kappa shape index (κ1) is 19.4. The van der Waals surface area contributed by atoms with Crippen LogP contribution in [-0.2, 0) is 9.84 Å². The molecule has 4 heterocycles. The van der Waals surface area contributed by atoms with Gasteiger partial charge in [-0.05, 0) is 42.0 Å². The third kappa shape index (κ3) is 3.66. The number of nitrogens with zero attached hydrogens (tertiary/aromatic N) is 3. The quantitative estimate of drug-likeness (QED) is 0.809. The van der Waals surface area contributed by atoms with Crippen molar-refractivity contribution >= 4 is 27.3 Å². The summed E-state index contributed by atoms with van der Waals surface area (Å²) in [6.07, 6.45) is 0.211. The van der Waals surface area contributed by atoms with E-state index in [1.165, 1.54) is 0 Å². The van der Waals surface area contributed by atoms with Crippen LogP contribution in [0.2, 0.25) is 0 Å². The molecule has 4 fully saturated rings. The highest BCUT2D eigenvalue weighted by molar-refractivity contribution is 7.91. The molecule has 1 amide bonds. The van der Waals surface area contributed by atoms with Gasteiger partial charge in [0.15, 0.2) is 9.84 Å². The molecule has 2 bridgehead atoms. The first-order valence-electron chi connectivity index (χ1n) is 9.95. The second-order valence-corrected chi connectivity index (χ2v) is 11.4. The minimum Gasteiger partial charge on any atom is -0.465 e. The van der Waals surface area contributed by atoms with E-state index in [0.717, 1.165) is 24.3 Å². The zero-order chi connectivity index (χ0) is 20.1. The van der Waals surface area contributed by atoms with Gasteiger partial charge in [0, 0.05) is 44.1 Å². The summed E-state index contributed by atoms with van der Waals surface area (Å²) in [6, 6.07) is 8.47. The number of hydrogen-bond acceptors (Lipinski definition) is 5. The zero-order valence-corrected chi connectivity index (χ0v) is 17.4. The molecule has 2 atom stereocenters. The van der Waals surface area contributed by atoms with E-state index in [9.17, 15) is 18.3 Å². The number of carbonyl (C=O) groups is 1. The third-order valence-corrected chi connectivity index (χ3v) is 8.19. The number of fused-ring (bicyclic) bond motifs is 4. The maximum atomic E-state index is 11.7. The van der Waals surface area contributed by atoms with Crippen LogP contribution in [0, 0.1) is 11.3 Å². The zero-order valence-electron chi connectivity index (χ0n) is 16.5.